The van der Waals surface area contributed by atoms with Gasteiger partial charge in [-0.3, -0.25) is 0 Å². The summed E-state index contributed by atoms with van der Waals surface area (Å²) in [4.78, 5) is 13.5. The van der Waals surface area contributed by atoms with Crippen molar-refractivity contribution in [2.24, 2.45) is 0 Å². The molecule has 0 amide bonds. The van der Waals surface area contributed by atoms with E-state index in [9.17, 15) is 0 Å². The molecule has 5 aliphatic heterocycles. The lowest BCUT2D eigenvalue weighted by Crippen LogP contribution is -2.26. The van der Waals surface area contributed by atoms with Crippen molar-refractivity contribution in [1.29, 1.82) is 0 Å². The summed E-state index contributed by atoms with van der Waals surface area (Å²) in [6.45, 7) is 28.3. The van der Waals surface area contributed by atoms with Crippen LogP contribution in [0.25, 0.3) is 0 Å². The van der Waals surface area contributed by atoms with E-state index in [1.54, 1.807) is 0 Å². The van der Waals surface area contributed by atoms with Gasteiger partial charge < -0.3 is 34.1 Å². The van der Waals surface area contributed by atoms with E-state index in [2.05, 4.69) is 249 Å². The van der Waals surface area contributed by atoms with E-state index in [-0.39, 0.29) is 0 Å². The molecule has 9 rings (SSSR count). The van der Waals surface area contributed by atoms with Gasteiger partial charge in [-0.05, 0) is 165 Å². The molecule has 7 heteroatoms. The molecule has 0 radical (unpaired) electrons. The number of rotatable bonds is 4. The molecule has 0 aromatic heterocycles. The molecule has 0 saturated carbocycles. The number of hydrogen-bond acceptors (Lipinski definition) is 7. The molecule has 0 unspecified atom stereocenters. The van der Waals surface area contributed by atoms with Crippen molar-refractivity contribution in [3.05, 3.63) is 212 Å². The highest BCUT2D eigenvalue weighted by molar-refractivity contribution is 5.79. The van der Waals surface area contributed by atoms with Crippen LogP contribution in [-0.4, -0.2) is 37.1 Å². The van der Waals surface area contributed by atoms with E-state index in [0.717, 1.165) is 13.2 Å². The number of nitrogens with zero attached hydrogens (tertiary/aromatic N) is 6. The maximum Gasteiger partial charge on any atom is 0.129 e. The van der Waals surface area contributed by atoms with Crippen molar-refractivity contribution in [2.75, 3.05) is 46.9 Å². The topological polar surface area (TPSA) is 28.7 Å². The molecular weight excluding hydrogens is 797 g/mol. The van der Waals surface area contributed by atoms with Gasteiger partial charge in [-0.25, -0.2) is 0 Å². The number of benzene rings is 4. The van der Waals surface area contributed by atoms with Crippen molar-refractivity contribution in [3.63, 3.8) is 0 Å². The van der Waals surface area contributed by atoms with E-state index in [1.807, 2.05) is 0 Å². The third kappa shape index (κ3) is 10.1. The maximum atomic E-state index is 4.94. The highest BCUT2D eigenvalue weighted by Crippen LogP contribution is 2.42. The summed E-state index contributed by atoms with van der Waals surface area (Å²) in [5.41, 5.74) is 22.9. The van der Waals surface area contributed by atoms with Crippen LogP contribution in [0.3, 0.4) is 0 Å². The fourth-order valence-corrected chi connectivity index (χ4v) is 10.1. The Balaban J connectivity index is 0.000000175. The Labute approximate surface area is 390 Å². The third-order valence-electron chi connectivity index (χ3n) is 12.4. The normalized spacial score (nSPS) is 16.4. The first-order valence-corrected chi connectivity index (χ1v) is 23.1. The molecule has 4 aromatic carbocycles. The molecular formula is C58H70N6O. The van der Waals surface area contributed by atoms with Gasteiger partial charge in [-0.2, -0.15) is 0 Å². The standard InChI is InChI=1S/2C27H31N3.C4H8O/c2*1-18-14-20(3)25(21(4)15-18)29-12-13-30(26-22(5)16-19(2)17-23(26)6)27(29)24-8-10-28(7)11-9-24;1-2-4-5-3-1/h2*8-17H,1-7H3;1-4H2. The molecule has 4 aromatic rings. The predicted molar refractivity (Wildman–Crippen MR) is 277 cm³/mol. The van der Waals surface area contributed by atoms with Crippen LogP contribution >= 0.6 is 0 Å². The van der Waals surface area contributed by atoms with Gasteiger partial charge in [0.2, 0.25) is 0 Å². The minimum Gasteiger partial charge on any atom is -0.381 e. The lowest BCUT2D eigenvalue weighted by molar-refractivity contribution is 0.198. The average Bonchev–Trinajstić information content (AvgIpc) is 4.02. The van der Waals surface area contributed by atoms with Crippen LogP contribution in [0.15, 0.2) is 145 Å². The van der Waals surface area contributed by atoms with E-state index < -0.39 is 0 Å². The van der Waals surface area contributed by atoms with Crippen LogP contribution in [0, 0.1) is 83.1 Å². The number of anilines is 4. The Hall–Kier alpha value is -6.44. The predicted octanol–water partition coefficient (Wildman–Crippen LogP) is 13.8. The van der Waals surface area contributed by atoms with Crippen LogP contribution in [-0.2, 0) is 4.74 Å². The Morgan fingerprint density at radius 1 is 0.323 bits per heavy atom. The largest absolute Gasteiger partial charge is 0.381 e. The molecule has 1 saturated heterocycles. The second kappa shape index (κ2) is 19.7. The Morgan fingerprint density at radius 3 is 0.723 bits per heavy atom. The van der Waals surface area contributed by atoms with Crippen molar-refractivity contribution in [3.8, 4) is 0 Å². The molecule has 7 nitrogen and oxygen atoms in total. The van der Waals surface area contributed by atoms with Crippen molar-refractivity contribution in [2.45, 2.75) is 95.9 Å². The molecule has 0 spiro atoms. The Kier molecular flexibility index (Phi) is 14.1. The lowest BCUT2D eigenvalue weighted by Gasteiger charge is -2.31. The average molecular weight is 867 g/mol. The quantitative estimate of drug-likeness (QED) is 0.202. The first kappa shape index (κ1) is 46.5. The zero-order valence-corrected chi connectivity index (χ0v) is 41.5. The number of aryl methyl sites for hydroxylation is 12. The molecule has 0 N–H and O–H groups in total. The fraction of sp³-hybridized carbons (Fsp3) is 0.310. The van der Waals surface area contributed by atoms with Crippen molar-refractivity contribution in [1.82, 2.24) is 9.80 Å². The smallest absolute Gasteiger partial charge is 0.129 e. The highest BCUT2D eigenvalue weighted by atomic mass is 16.5. The molecule has 0 aliphatic carbocycles. The minimum absolute atomic E-state index is 1.00. The summed E-state index contributed by atoms with van der Waals surface area (Å²) in [6.07, 6.45) is 28.6. The molecule has 338 valence electrons. The molecule has 0 bridgehead atoms. The SMILES string of the molecule is C1CCOC1.Cc1cc(C)c(N2C=CN(c3c(C)cc(C)cc3C)C2=C2C=CN(C)C=C2)c(C)c1.Cc1cc(C)c(N2C=CN(c3c(C)cc(C)cc3C)C2=C2C=CN(C)C=C2)c(C)c1. The first-order valence-electron chi connectivity index (χ1n) is 23.1. The van der Waals surface area contributed by atoms with Gasteiger partial charge in [0.25, 0.3) is 0 Å². The van der Waals surface area contributed by atoms with Gasteiger partial charge in [-0.1, -0.05) is 70.8 Å². The molecule has 1 fully saturated rings. The van der Waals surface area contributed by atoms with Crippen molar-refractivity contribution >= 4 is 22.7 Å². The van der Waals surface area contributed by atoms with Gasteiger partial charge in [-0.15, -0.1) is 0 Å². The van der Waals surface area contributed by atoms with Crippen LogP contribution in [0.2, 0.25) is 0 Å². The Bertz CT molecular complexity index is 2270. The van der Waals surface area contributed by atoms with E-state index in [0.29, 0.717) is 0 Å². The van der Waals surface area contributed by atoms with Gasteiger partial charge in [0.15, 0.2) is 0 Å². The van der Waals surface area contributed by atoms with Gasteiger partial charge in [0.05, 0.1) is 22.7 Å². The minimum atomic E-state index is 1.00. The number of hydrogen-bond donors (Lipinski definition) is 0. The fourth-order valence-electron chi connectivity index (χ4n) is 10.1. The first-order chi connectivity index (χ1) is 31.0. The molecule has 65 heavy (non-hydrogen) atoms. The maximum absolute atomic E-state index is 4.94. The summed E-state index contributed by atoms with van der Waals surface area (Å²) in [7, 11) is 4.11. The van der Waals surface area contributed by atoms with E-state index in [4.69, 9.17) is 4.74 Å². The zero-order valence-electron chi connectivity index (χ0n) is 41.5. The van der Waals surface area contributed by atoms with Crippen LogP contribution in [0.1, 0.15) is 79.6 Å². The van der Waals surface area contributed by atoms with E-state index in [1.165, 1.54) is 125 Å². The number of ether oxygens (including phenoxy) is 1. The highest BCUT2D eigenvalue weighted by Gasteiger charge is 2.31. The van der Waals surface area contributed by atoms with Crippen LogP contribution < -0.4 is 19.6 Å². The van der Waals surface area contributed by atoms with Crippen molar-refractivity contribution < 1.29 is 4.74 Å². The van der Waals surface area contributed by atoms with Crippen LogP contribution in [0.5, 0.6) is 0 Å². The summed E-state index contributed by atoms with van der Waals surface area (Å²) in [5, 5.41) is 0. The lowest BCUT2D eigenvalue weighted by atomic mass is 10.0. The second-order valence-electron chi connectivity index (χ2n) is 18.5. The summed E-state index contributed by atoms with van der Waals surface area (Å²) in [6, 6.07) is 18.1. The summed E-state index contributed by atoms with van der Waals surface area (Å²) < 4.78 is 4.94. The summed E-state index contributed by atoms with van der Waals surface area (Å²) >= 11 is 0. The van der Waals surface area contributed by atoms with Gasteiger partial charge in [0.1, 0.15) is 11.6 Å². The summed E-state index contributed by atoms with van der Waals surface area (Å²) in [5.74, 6) is 2.33. The molecule has 5 aliphatic rings. The van der Waals surface area contributed by atoms with E-state index >= 15 is 0 Å². The monoisotopic (exact) mass is 867 g/mol. The third-order valence-corrected chi connectivity index (χ3v) is 12.4. The molecule has 0 atom stereocenters. The molecule has 5 heterocycles. The Morgan fingerprint density at radius 2 is 0.538 bits per heavy atom. The number of allylic oxidation sites excluding steroid dienone is 6. The van der Waals surface area contributed by atoms with Gasteiger partial charge >= 0.3 is 0 Å². The van der Waals surface area contributed by atoms with Gasteiger partial charge in [0, 0.05) is 88.1 Å². The second-order valence-corrected chi connectivity index (χ2v) is 18.5. The van der Waals surface area contributed by atoms with Crippen LogP contribution in [0.4, 0.5) is 22.7 Å². The zero-order chi connectivity index (χ0) is 46.7.